The first-order chi connectivity index (χ1) is 12.1. The molecule has 0 radical (unpaired) electrons. The van der Waals surface area contributed by atoms with Crippen molar-refractivity contribution >= 4 is 39.3 Å². The van der Waals surface area contributed by atoms with Gasteiger partial charge in [-0.05, 0) is 36.8 Å². The molecule has 0 fully saturated rings. The van der Waals surface area contributed by atoms with E-state index in [0.717, 1.165) is 24.7 Å². The van der Waals surface area contributed by atoms with Gasteiger partial charge in [-0.3, -0.25) is 4.79 Å². The van der Waals surface area contributed by atoms with Crippen molar-refractivity contribution in [3.05, 3.63) is 62.9 Å². The summed E-state index contributed by atoms with van der Waals surface area (Å²) in [6, 6.07) is 7.15. The van der Waals surface area contributed by atoms with Crippen LogP contribution in [0.15, 0.2) is 30.3 Å². The molecular formula is C16H15Cl2FN2O4S. The average Bonchev–Trinajstić information content (AvgIpc) is 2.57. The molecular weight excluding hydrogens is 406 g/mol. The number of nitrogens with one attached hydrogen (secondary N) is 2. The normalized spacial score (nSPS) is 11.3. The Bertz CT molecular complexity index is 952. The number of carbonyl (C=O) groups is 1. The summed E-state index contributed by atoms with van der Waals surface area (Å²) in [6.07, 6.45) is 0. The molecule has 0 atom stereocenters. The van der Waals surface area contributed by atoms with Crippen LogP contribution in [-0.2, 0) is 16.8 Å². The van der Waals surface area contributed by atoms with E-state index in [1.54, 1.807) is 22.9 Å². The maximum Gasteiger partial charge on any atom is 0.301 e. The van der Waals surface area contributed by atoms with E-state index < -0.39 is 27.5 Å². The number of halogens is 3. The third-order valence-electron chi connectivity index (χ3n) is 3.41. The molecule has 0 bridgehead atoms. The van der Waals surface area contributed by atoms with E-state index in [2.05, 4.69) is 0 Å². The highest BCUT2D eigenvalue weighted by Gasteiger charge is 2.19. The van der Waals surface area contributed by atoms with Crippen molar-refractivity contribution in [2.75, 3.05) is 7.05 Å². The number of aryl methyl sites for hydroxylation is 1. The summed E-state index contributed by atoms with van der Waals surface area (Å²) in [7, 11) is -2.95. The zero-order chi connectivity index (χ0) is 19.5. The number of hydrogen-bond donors (Lipinski definition) is 2. The lowest BCUT2D eigenvalue weighted by Gasteiger charge is -2.11. The standard InChI is InChI=1S/C16H15Cl2FN2O4S/c1-9-3-4-11(6-13(9)17)25-8-10-5-15(19)12(7-14(10)18)16(22)21-26(23,24)20-2/h3-7,20H,8H2,1-2H3,(H,21,22). The molecule has 0 heterocycles. The van der Waals surface area contributed by atoms with Crippen molar-refractivity contribution in [1.82, 2.24) is 9.44 Å². The molecule has 10 heteroatoms. The second-order valence-corrected chi connectivity index (χ2v) is 7.70. The predicted molar refractivity (Wildman–Crippen MR) is 97.4 cm³/mol. The molecule has 140 valence electrons. The molecule has 0 aliphatic rings. The first-order valence-electron chi connectivity index (χ1n) is 7.25. The van der Waals surface area contributed by atoms with Gasteiger partial charge in [0.2, 0.25) is 0 Å². The van der Waals surface area contributed by atoms with Crippen LogP contribution in [0.1, 0.15) is 21.5 Å². The van der Waals surface area contributed by atoms with Gasteiger partial charge in [-0.1, -0.05) is 29.3 Å². The Morgan fingerprint density at radius 3 is 2.50 bits per heavy atom. The van der Waals surface area contributed by atoms with Gasteiger partial charge in [0.25, 0.3) is 5.91 Å². The molecule has 0 saturated carbocycles. The highest BCUT2D eigenvalue weighted by Crippen LogP contribution is 2.25. The largest absolute Gasteiger partial charge is 0.489 e. The third-order valence-corrected chi connectivity index (χ3v) is 5.16. The SMILES string of the molecule is CNS(=O)(=O)NC(=O)c1cc(Cl)c(COc2ccc(C)c(Cl)c2)cc1F. The molecule has 2 aromatic rings. The van der Waals surface area contributed by atoms with Crippen LogP contribution in [0, 0.1) is 12.7 Å². The molecule has 0 aromatic heterocycles. The first-order valence-corrected chi connectivity index (χ1v) is 9.49. The van der Waals surface area contributed by atoms with Crippen molar-refractivity contribution < 1.29 is 22.3 Å². The fourth-order valence-electron chi connectivity index (χ4n) is 1.93. The van der Waals surface area contributed by atoms with Gasteiger partial charge in [-0.25, -0.2) is 13.8 Å². The summed E-state index contributed by atoms with van der Waals surface area (Å²) in [6.45, 7) is 1.78. The Labute approximate surface area is 160 Å². The van der Waals surface area contributed by atoms with E-state index in [1.165, 1.54) is 0 Å². The van der Waals surface area contributed by atoms with E-state index in [1.807, 2.05) is 11.6 Å². The van der Waals surface area contributed by atoms with Crippen LogP contribution in [0.5, 0.6) is 5.75 Å². The molecule has 26 heavy (non-hydrogen) atoms. The van der Waals surface area contributed by atoms with Gasteiger partial charge >= 0.3 is 10.2 Å². The van der Waals surface area contributed by atoms with Crippen LogP contribution in [0.25, 0.3) is 0 Å². The molecule has 1 amide bonds. The molecule has 2 rings (SSSR count). The molecule has 6 nitrogen and oxygen atoms in total. The van der Waals surface area contributed by atoms with Gasteiger partial charge in [-0.2, -0.15) is 8.42 Å². The fourth-order valence-corrected chi connectivity index (χ4v) is 2.77. The van der Waals surface area contributed by atoms with Crippen LogP contribution >= 0.6 is 23.2 Å². The highest BCUT2D eigenvalue weighted by atomic mass is 35.5. The second-order valence-electron chi connectivity index (χ2n) is 5.26. The predicted octanol–water partition coefficient (Wildman–Crippen LogP) is 3.21. The molecule has 0 spiro atoms. The smallest absolute Gasteiger partial charge is 0.301 e. The van der Waals surface area contributed by atoms with Gasteiger partial charge in [-0.15, -0.1) is 0 Å². The second kappa shape index (κ2) is 8.22. The lowest BCUT2D eigenvalue weighted by Crippen LogP contribution is -2.38. The molecule has 0 aliphatic carbocycles. The van der Waals surface area contributed by atoms with E-state index in [-0.39, 0.29) is 17.2 Å². The summed E-state index contributed by atoms with van der Waals surface area (Å²) in [5.74, 6) is -1.60. The average molecular weight is 421 g/mol. The minimum Gasteiger partial charge on any atom is -0.489 e. The lowest BCUT2D eigenvalue weighted by molar-refractivity contribution is 0.0977. The van der Waals surface area contributed by atoms with Crippen LogP contribution in [-0.4, -0.2) is 21.4 Å². The highest BCUT2D eigenvalue weighted by molar-refractivity contribution is 7.88. The van der Waals surface area contributed by atoms with E-state index in [4.69, 9.17) is 27.9 Å². The number of benzene rings is 2. The van der Waals surface area contributed by atoms with Gasteiger partial charge in [0, 0.05) is 22.7 Å². The monoisotopic (exact) mass is 420 g/mol. The van der Waals surface area contributed by atoms with Crippen molar-refractivity contribution in [3.8, 4) is 5.75 Å². The fraction of sp³-hybridized carbons (Fsp3) is 0.188. The first kappa shape index (κ1) is 20.4. The zero-order valence-electron chi connectivity index (χ0n) is 13.8. The number of carbonyl (C=O) groups excluding carboxylic acids is 1. The van der Waals surface area contributed by atoms with Crippen molar-refractivity contribution in [1.29, 1.82) is 0 Å². The minimum atomic E-state index is -4.06. The number of ether oxygens (including phenoxy) is 1. The van der Waals surface area contributed by atoms with Crippen LogP contribution in [0.3, 0.4) is 0 Å². The topological polar surface area (TPSA) is 84.5 Å². The van der Waals surface area contributed by atoms with Crippen molar-refractivity contribution in [2.24, 2.45) is 0 Å². The molecule has 2 aromatic carbocycles. The Morgan fingerprint density at radius 2 is 1.88 bits per heavy atom. The zero-order valence-corrected chi connectivity index (χ0v) is 16.1. The Hall–Kier alpha value is -1.87. The van der Waals surface area contributed by atoms with Gasteiger partial charge in [0.05, 0.1) is 5.56 Å². The number of hydrogen-bond acceptors (Lipinski definition) is 4. The number of rotatable bonds is 6. The molecule has 0 unspecified atom stereocenters. The maximum absolute atomic E-state index is 14.2. The number of amides is 1. The quantitative estimate of drug-likeness (QED) is 0.751. The van der Waals surface area contributed by atoms with Gasteiger partial charge < -0.3 is 4.74 Å². The molecule has 2 N–H and O–H groups in total. The van der Waals surface area contributed by atoms with Crippen LogP contribution in [0.2, 0.25) is 10.0 Å². The minimum absolute atomic E-state index is 0.0524. The summed E-state index contributed by atoms with van der Waals surface area (Å²) >= 11 is 12.1. The Morgan fingerprint density at radius 1 is 1.19 bits per heavy atom. The lowest BCUT2D eigenvalue weighted by atomic mass is 10.1. The van der Waals surface area contributed by atoms with Crippen molar-refractivity contribution in [3.63, 3.8) is 0 Å². The Kier molecular flexibility index (Phi) is 6.46. The van der Waals surface area contributed by atoms with Crippen LogP contribution in [0.4, 0.5) is 4.39 Å². The van der Waals surface area contributed by atoms with Crippen LogP contribution < -0.4 is 14.2 Å². The molecule has 0 aliphatic heterocycles. The summed E-state index contributed by atoms with van der Waals surface area (Å²) in [4.78, 5) is 11.9. The summed E-state index contributed by atoms with van der Waals surface area (Å²) in [5.41, 5.74) is 0.667. The van der Waals surface area contributed by atoms with E-state index in [9.17, 15) is 17.6 Å². The van der Waals surface area contributed by atoms with E-state index >= 15 is 0 Å². The third kappa shape index (κ3) is 5.07. The van der Waals surface area contributed by atoms with Gasteiger partial charge in [0.1, 0.15) is 18.2 Å². The summed E-state index contributed by atoms with van der Waals surface area (Å²) in [5, 5.41) is 0.578. The molecule has 0 saturated heterocycles. The van der Waals surface area contributed by atoms with Gasteiger partial charge in [0.15, 0.2) is 0 Å². The summed E-state index contributed by atoms with van der Waals surface area (Å²) < 4.78 is 45.9. The maximum atomic E-state index is 14.2. The van der Waals surface area contributed by atoms with Crippen molar-refractivity contribution in [2.45, 2.75) is 13.5 Å². The Balaban J connectivity index is 2.18. The van der Waals surface area contributed by atoms with E-state index in [0.29, 0.717) is 10.8 Å².